The molecule has 0 aliphatic carbocycles. The molecular weight excluding hydrogens is 254 g/mol. The van der Waals surface area contributed by atoms with Crippen LogP contribution in [-0.4, -0.2) is 12.3 Å². The number of alkyl halides is 2. The lowest BCUT2D eigenvalue weighted by molar-refractivity contribution is 0.0151. The summed E-state index contributed by atoms with van der Waals surface area (Å²) in [6.45, 7) is 2.55. The molecule has 1 aromatic heterocycles. The van der Waals surface area contributed by atoms with E-state index in [1.165, 1.54) is 19.4 Å². The first kappa shape index (κ1) is 13.3. The lowest BCUT2D eigenvalue weighted by Crippen LogP contribution is -2.10. The molecule has 102 valence electrons. The molecule has 0 unspecified atom stereocenters. The second-order valence-corrected chi connectivity index (χ2v) is 4.39. The van der Waals surface area contributed by atoms with Crippen LogP contribution in [-0.2, 0) is 5.92 Å². The van der Waals surface area contributed by atoms with Crippen LogP contribution in [0.1, 0.15) is 18.1 Å². The molecule has 2 aromatic rings. The summed E-state index contributed by atoms with van der Waals surface area (Å²) in [5, 5.41) is 3.55. The molecule has 6 heteroatoms. The lowest BCUT2D eigenvalue weighted by atomic mass is 9.97. The predicted molar refractivity (Wildman–Crippen MR) is 67.2 cm³/mol. The van der Waals surface area contributed by atoms with Gasteiger partial charge in [-0.3, -0.25) is 0 Å². The molecule has 0 bridgehead atoms. The fraction of sp³-hybridized carbons (Fsp3) is 0.308. The van der Waals surface area contributed by atoms with Crippen molar-refractivity contribution in [2.24, 2.45) is 0 Å². The van der Waals surface area contributed by atoms with Crippen molar-refractivity contribution < 1.29 is 18.0 Å². The van der Waals surface area contributed by atoms with Gasteiger partial charge in [-0.25, -0.2) is 8.78 Å². The summed E-state index contributed by atoms with van der Waals surface area (Å²) in [4.78, 5) is 0. The highest BCUT2D eigenvalue weighted by Crippen LogP contribution is 2.43. The van der Waals surface area contributed by atoms with E-state index in [-0.39, 0.29) is 17.2 Å². The number of methoxy groups -OCH3 is 1. The number of benzene rings is 1. The number of hydrogen-bond acceptors (Lipinski definition) is 4. The first-order valence-electron chi connectivity index (χ1n) is 5.62. The van der Waals surface area contributed by atoms with E-state index in [0.717, 1.165) is 6.92 Å². The molecule has 2 N–H and O–H groups in total. The zero-order valence-electron chi connectivity index (χ0n) is 10.8. The minimum atomic E-state index is -3.02. The second-order valence-electron chi connectivity index (χ2n) is 4.39. The SMILES string of the molecule is COc1c(-c2cnoc2N)cc(C)cc1C(C)(F)F. The Hall–Kier alpha value is -2.11. The average molecular weight is 268 g/mol. The van der Waals surface area contributed by atoms with E-state index in [1.807, 2.05) is 0 Å². The van der Waals surface area contributed by atoms with Gasteiger partial charge in [-0.1, -0.05) is 5.16 Å². The Labute approximate surface area is 109 Å². The van der Waals surface area contributed by atoms with Gasteiger partial charge < -0.3 is 15.0 Å². The maximum Gasteiger partial charge on any atom is 0.274 e. The molecule has 0 aliphatic rings. The van der Waals surface area contributed by atoms with Crippen LogP contribution in [0.5, 0.6) is 5.75 Å². The number of rotatable bonds is 3. The second kappa shape index (κ2) is 4.53. The van der Waals surface area contributed by atoms with Gasteiger partial charge in [-0.05, 0) is 24.6 Å². The van der Waals surface area contributed by atoms with Crippen LogP contribution in [0, 0.1) is 6.92 Å². The molecule has 0 fully saturated rings. The molecule has 2 rings (SSSR count). The third kappa shape index (κ3) is 2.38. The maximum absolute atomic E-state index is 13.7. The van der Waals surface area contributed by atoms with Gasteiger partial charge in [0.25, 0.3) is 5.92 Å². The normalized spacial score (nSPS) is 11.6. The lowest BCUT2D eigenvalue weighted by Gasteiger charge is -2.18. The Balaban J connectivity index is 2.75. The first-order chi connectivity index (χ1) is 8.84. The minimum absolute atomic E-state index is 0.0641. The summed E-state index contributed by atoms with van der Waals surface area (Å²) < 4.78 is 37.2. The highest BCUT2D eigenvalue weighted by molar-refractivity contribution is 5.79. The molecule has 0 saturated heterocycles. The van der Waals surface area contributed by atoms with Gasteiger partial charge in [0.05, 0.1) is 24.4 Å². The van der Waals surface area contributed by atoms with Crippen molar-refractivity contribution in [3.05, 3.63) is 29.5 Å². The summed E-state index contributed by atoms with van der Waals surface area (Å²) in [6.07, 6.45) is 1.38. The molecule has 0 atom stereocenters. The molecule has 1 aromatic carbocycles. The van der Waals surface area contributed by atoms with Crippen molar-refractivity contribution >= 4 is 5.88 Å². The number of anilines is 1. The molecule has 0 amide bonds. The first-order valence-corrected chi connectivity index (χ1v) is 5.62. The van der Waals surface area contributed by atoms with Gasteiger partial charge in [0.1, 0.15) is 5.75 Å². The van der Waals surface area contributed by atoms with Gasteiger partial charge in [-0.15, -0.1) is 0 Å². The monoisotopic (exact) mass is 268 g/mol. The Morgan fingerprint density at radius 2 is 2.00 bits per heavy atom. The van der Waals surface area contributed by atoms with Crippen LogP contribution >= 0.6 is 0 Å². The highest BCUT2D eigenvalue weighted by atomic mass is 19.3. The topological polar surface area (TPSA) is 61.3 Å². The third-order valence-electron chi connectivity index (χ3n) is 2.80. The van der Waals surface area contributed by atoms with Crippen LogP contribution in [0.3, 0.4) is 0 Å². The molecular formula is C13H14F2N2O2. The zero-order valence-corrected chi connectivity index (χ0v) is 10.8. The number of aryl methyl sites for hydroxylation is 1. The average Bonchev–Trinajstić information content (AvgIpc) is 2.73. The summed E-state index contributed by atoms with van der Waals surface area (Å²) in [7, 11) is 1.34. The van der Waals surface area contributed by atoms with Gasteiger partial charge in [-0.2, -0.15) is 0 Å². The zero-order chi connectivity index (χ0) is 14.2. The number of nitrogens with zero attached hydrogens (tertiary/aromatic N) is 1. The van der Waals surface area contributed by atoms with E-state index in [0.29, 0.717) is 16.7 Å². The van der Waals surface area contributed by atoms with E-state index >= 15 is 0 Å². The van der Waals surface area contributed by atoms with E-state index in [1.54, 1.807) is 13.0 Å². The summed E-state index contributed by atoms with van der Waals surface area (Å²) in [5.41, 5.74) is 7.00. The van der Waals surface area contributed by atoms with E-state index in [2.05, 4.69) is 5.16 Å². The summed E-state index contributed by atoms with van der Waals surface area (Å²) >= 11 is 0. The van der Waals surface area contributed by atoms with Crippen LogP contribution < -0.4 is 10.5 Å². The Kier molecular flexibility index (Phi) is 3.18. The van der Waals surface area contributed by atoms with Crippen LogP contribution in [0.4, 0.5) is 14.7 Å². The summed E-state index contributed by atoms with van der Waals surface area (Å²) in [6, 6.07) is 3.10. The largest absolute Gasteiger partial charge is 0.496 e. The van der Waals surface area contributed by atoms with E-state index in [9.17, 15) is 8.78 Å². The van der Waals surface area contributed by atoms with Crippen molar-refractivity contribution in [1.29, 1.82) is 0 Å². The number of nitrogen functional groups attached to an aromatic ring is 1. The molecule has 0 aliphatic heterocycles. The van der Waals surface area contributed by atoms with Gasteiger partial charge >= 0.3 is 0 Å². The molecule has 4 nitrogen and oxygen atoms in total. The quantitative estimate of drug-likeness (QED) is 0.927. The molecule has 0 radical (unpaired) electrons. The van der Waals surface area contributed by atoms with Crippen molar-refractivity contribution in [2.45, 2.75) is 19.8 Å². The van der Waals surface area contributed by atoms with Crippen LogP contribution in [0.2, 0.25) is 0 Å². The van der Waals surface area contributed by atoms with Crippen molar-refractivity contribution in [2.75, 3.05) is 12.8 Å². The van der Waals surface area contributed by atoms with Gasteiger partial charge in [0.2, 0.25) is 5.88 Å². The smallest absolute Gasteiger partial charge is 0.274 e. The van der Waals surface area contributed by atoms with Crippen molar-refractivity contribution in [3.8, 4) is 16.9 Å². The number of ether oxygens (including phenoxy) is 1. The van der Waals surface area contributed by atoms with E-state index < -0.39 is 5.92 Å². The van der Waals surface area contributed by atoms with Crippen molar-refractivity contribution in [3.63, 3.8) is 0 Å². The fourth-order valence-corrected chi connectivity index (χ4v) is 1.97. The molecule has 0 spiro atoms. The number of hydrogen-bond donors (Lipinski definition) is 1. The standard InChI is InChI=1S/C13H14F2N2O2/c1-7-4-8(9-6-17-19-12(9)16)11(18-3)10(5-7)13(2,14)15/h4-6H,16H2,1-3H3. The predicted octanol–water partition coefficient (Wildman–Crippen LogP) is 3.35. The Morgan fingerprint density at radius 1 is 1.32 bits per heavy atom. The molecule has 19 heavy (non-hydrogen) atoms. The van der Waals surface area contributed by atoms with Crippen molar-refractivity contribution in [1.82, 2.24) is 5.16 Å². The Bertz CT molecular complexity index is 603. The number of aromatic nitrogens is 1. The Morgan fingerprint density at radius 3 is 2.47 bits per heavy atom. The summed E-state index contributed by atoms with van der Waals surface area (Å²) in [5.74, 6) is -2.87. The maximum atomic E-state index is 13.7. The van der Waals surface area contributed by atoms with Gasteiger partial charge in [0, 0.05) is 12.5 Å². The third-order valence-corrected chi connectivity index (χ3v) is 2.80. The fourth-order valence-electron chi connectivity index (χ4n) is 1.97. The minimum Gasteiger partial charge on any atom is -0.496 e. The number of halogens is 2. The van der Waals surface area contributed by atoms with E-state index in [4.69, 9.17) is 15.0 Å². The van der Waals surface area contributed by atoms with Crippen LogP contribution in [0.15, 0.2) is 22.9 Å². The molecule has 1 heterocycles. The van der Waals surface area contributed by atoms with Crippen LogP contribution in [0.25, 0.3) is 11.1 Å². The molecule has 0 saturated carbocycles. The number of nitrogens with two attached hydrogens (primary N) is 1. The highest BCUT2D eigenvalue weighted by Gasteiger charge is 2.31. The van der Waals surface area contributed by atoms with Gasteiger partial charge in [0.15, 0.2) is 0 Å².